The fourth-order valence-electron chi connectivity index (χ4n) is 16.2. The van der Waals surface area contributed by atoms with Crippen molar-refractivity contribution >= 4 is 51.3 Å². The van der Waals surface area contributed by atoms with Crippen molar-refractivity contribution in [2.24, 2.45) is 57.8 Å². The summed E-state index contributed by atoms with van der Waals surface area (Å²) in [5, 5.41) is 8.48. The highest BCUT2D eigenvalue weighted by molar-refractivity contribution is 5.93. The average Bonchev–Trinajstić information content (AvgIpc) is 4.32. The van der Waals surface area contributed by atoms with Gasteiger partial charge in [-0.25, -0.2) is 0 Å². The molecule has 3 heterocycles. The summed E-state index contributed by atoms with van der Waals surface area (Å²) in [6.07, 6.45) is 44.7. The van der Waals surface area contributed by atoms with E-state index in [4.69, 9.17) is 4.99 Å². The van der Waals surface area contributed by atoms with Crippen LogP contribution < -0.4 is 21.1 Å². The Kier molecular flexibility index (Phi) is 8.03. The molecule has 4 fully saturated rings. The van der Waals surface area contributed by atoms with E-state index in [9.17, 15) is 0 Å². The standard InChI is InChI=1S/C62H61N3/c1-38-28-31-62(65-57-23-13-10-19-46(57)48-26-24-40-33-49(40)60(48)65)37-52(62)58(38)59-41(32-42-34-54(39-14-4-2-5-15-39)63-53-21-11-8-18-45(42)53)29-30-61(36-51(59)61)43-25-27-56-50(35-43)47-20-9-12-22-55(47)64(56)44-16-6-3-7-17-44/h2-4,6,8-14,16,18-24,26-27,29-30,35,38,40-41,43,49,51-52,54,58-59H,5,7,15,17,25,28,31-34,36-37H2,1H3/t38-,40?,41-,43?,49?,51?,52?,54?,58?,59?,61?,62?/m1/s1. The maximum atomic E-state index is 5.46. The number of hydrogen-bond donors (Lipinski definition) is 0. The number of nitrogens with zero attached hydrogens (tertiary/aromatic N) is 3. The zero-order chi connectivity index (χ0) is 42.6. The minimum Gasteiger partial charge on any atom is -0.337 e. The molecule has 10 aliphatic rings. The quantitative estimate of drug-likeness (QED) is 0.146. The highest BCUT2D eigenvalue weighted by Crippen LogP contribution is 2.75. The van der Waals surface area contributed by atoms with Gasteiger partial charge in [0.25, 0.3) is 0 Å². The van der Waals surface area contributed by atoms with Gasteiger partial charge in [0, 0.05) is 55.3 Å². The summed E-state index contributed by atoms with van der Waals surface area (Å²) in [5.41, 5.74) is 11.3. The third kappa shape index (κ3) is 5.45. The predicted octanol–water partition coefficient (Wildman–Crippen LogP) is 11.7. The Balaban J connectivity index is 0.855. The molecule has 9 aliphatic carbocycles. The van der Waals surface area contributed by atoms with E-state index in [1.54, 1.807) is 16.8 Å². The third-order valence-corrected chi connectivity index (χ3v) is 19.3. The Bertz CT molecular complexity index is 3340. The summed E-state index contributed by atoms with van der Waals surface area (Å²) in [6.45, 7) is 2.69. The van der Waals surface area contributed by atoms with E-state index < -0.39 is 0 Å². The molecule has 2 aromatic heterocycles. The molecule has 65 heavy (non-hydrogen) atoms. The lowest BCUT2D eigenvalue weighted by atomic mass is 9.60. The first-order chi connectivity index (χ1) is 32.1. The van der Waals surface area contributed by atoms with E-state index in [2.05, 4.69) is 162 Å². The van der Waals surface area contributed by atoms with Crippen LogP contribution in [0.25, 0.3) is 51.3 Å². The first-order valence-corrected chi connectivity index (χ1v) is 25.8. The summed E-state index contributed by atoms with van der Waals surface area (Å²) in [7, 11) is 0. The van der Waals surface area contributed by atoms with Crippen LogP contribution in [-0.2, 0) is 5.54 Å². The average molecular weight is 848 g/mol. The topological polar surface area (TPSA) is 22.2 Å². The molecule has 4 saturated carbocycles. The van der Waals surface area contributed by atoms with Crippen LogP contribution in [0.1, 0.15) is 101 Å². The molecule has 0 amide bonds. The van der Waals surface area contributed by atoms with Crippen molar-refractivity contribution in [3.05, 3.63) is 165 Å². The van der Waals surface area contributed by atoms with Gasteiger partial charge in [-0.05, 0) is 165 Å². The second-order valence-corrected chi connectivity index (χ2v) is 22.4. The van der Waals surface area contributed by atoms with Gasteiger partial charge in [0.2, 0.25) is 0 Å². The number of para-hydroxylation sites is 3. The molecule has 15 rings (SSSR count). The van der Waals surface area contributed by atoms with Gasteiger partial charge in [-0.3, -0.25) is 4.99 Å². The van der Waals surface area contributed by atoms with Crippen LogP contribution in [-0.4, -0.2) is 15.2 Å². The number of rotatable bonds is 7. The number of benzene rings is 3. The largest absolute Gasteiger partial charge is 0.337 e. The van der Waals surface area contributed by atoms with Crippen molar-refractivity contribution in [3.63, 3.8) is 0 Å². The van der Waals surface area contributed by atoms with Crippen molar-refractivity contribution in [2.45, 2.75) is 101 Å². The molecule has 3 heteroatoms. The molecule has 0 N–H and O–H groups in total. The smallest absolute Gasteiger partial charge is 0.0757 e. The Morgan fingerprint density at radius 2 is 1.65 bits per heavy atom. The molecule has 12 atom stereocenters. The second-order valence-electron chi connectivity index (χ2n) is 22.4. The normalized spacial score (nSPS) is 36.5. The molecule has 0 radical (unpaired) electrons. The van der Waals surface area contributed by atoms with Crippen LogP contribution in [0.5, 0.6) is 0 Å². The lowest BCUT2D eigenvalue weighted by Crippen LogP contribution is -2.42. The predicted molar refractivity (Wildman–Crippen MR) is 267 cm³/mol. The van der Waals surface area contributed by atoms with Gasteiger partial charge in [-0.1, -0.05) is 134 Å². The summed E-state index contributed by atoms with van der Waals surface area (Å²) >= 11 is 0. The van der Waals surface area contributed by atoms with Crippen molar-refractivity contribution in [3.8, 4) is 0 Å². The Labute approximate surface area is 383 Å². The molecule has 1 aliphatic heterocycles. The highest BCUT2D eigenvalue weighted by Gasteiger charge is 2.70. The van der Waals surface area contributed by atoms with Crippen LogP contribution in [0.15, 0.2) is 138 Å². The molecule has 0 spiro atoms. The van der Waals surface area contributed by atoms with E-state index in [-0.39, 0.29) is 17.0 Å². The van der Waals surface area contributed by atoms with Crippen molar-refractivity contribution in [1.29, 1.82) is 0 Å². The zero-order valence-electron chi connectivity index (χ0n) is 38.0. The molecular formula is C62H61N3. The van der Waals surface area contributed by atoms with Gasteiger partial charge >= 0.3 is 0 Å². The Morgan fingerprint density at radius 1 is 0.815 bits per heavy atom. The fourth-order valence-corrected chi connectivity index (χ4v) is 16.2. The van der Waals surface area contributed by atoms with Gasteiger partial charge in [-0.15, -0.1) is 0 Å². The minimum atomic E-state index is 0.234. The van der Waals surface area contributed by atoms with Crippen LogP contribution in [0.2, 0.25) is 0 Å². The van der Waals surface area contributed by atoms with Crippen LogP contribution in [0.4, 0.5) is 0 Å². The SMILES string of the molecule is C[C@@H]1CCC2(n3c4c(c5ccccc53)C=CC3CC43)CC2C1C1C2CC2(C2C=c3c(n(C4=CC=CCC4)c4ccccc34)=CC2)C=C[C@@H]1CC1=c2ccccc2=NC(C2=CC=CCC2)C1. The zero-order valence-corrected chi connectivity index (χ0v) is 38.0. The molecule has 324 valence electrons. The molecule has 10 unspecified atom stereocenters. The van der Waals surface area contributed by atoms with E-state index in [1.165, 1.54) is 92.7 Å². The summed E-state index contributed by atoms with van der Waals surface area (Å²) in [5.74, 6) is 6.12. The third-order valence-electron chi connectivity index (χ3n) is 19.3. The maximum absolute atomic E-state index is 5.46. The van der Waals surface area contributed by atoms with Crippen molar-refractivity contribution in [1.82, 2.24) is 9.13 Å². The van der Waals surface area contributed by atoms with Gasteiger partial charge in [0.05, 0.1) is 16.9 Å². The number of allylic oxidation sites excluding steroid dienone is 10. The number of aromatic nitrogens is 2. The van der Waals surface area contributed by atoms with Gasteiger partial charge in [0.15, 0.2) is 0 Å². The Morgan fingerprint density at radius 3 is 2.52 bits per heavy atom. The maximum Gasteiger partial charge on any atom is 0.0757 e. The minimum absolute atomic E-state index is 0.234. The van der Waals surface area contributed by atoms with E-state index in [1.807, 2.05) is 0 Å². The first-order valence-electron chi connectivity index (χ1n) is 25.8. The van der Waals surface area contributed by atoms with Crippen LogP contribution in [0, 0.1) is 52.8 Å². The van der Waals surface area contributed by atoms with E-state index >= 15 is 0 Å². The van der Waals surface area contributed by atoms with E-state index in [0.29, 0.717) is 29.6 Å². The summed E-state index contributed by atoms with van der Waals surface area (Å²) in [4.78, 5) is 5.46. The van der Waals surface area contributed by atoms with Crippen LogP contribution >= 0.6 is 0 Å². The fraction of sp³-hybridized carbons (Fsp3) is 0.403. The van der Waals surface area contributed by atoms with Gasteiger partial charge in [-0.2, -0.15) is 0 Å². The number of fused-ring (bicyclic) bond motifs is 11. The lowest BCUT2D eigenvalue weighted by Gasteiger charge is -2.45. The highest BCUT2D eigenvalue weighted by atomic mass is 15.2. The molecule has 0 saturated heterocycles. The van der Waals surface area contributed by atoms with Crippen molar-refractivity contribution in [2.75, 3.05) is 0 Å². The van der Waals surface area contributed by atoms with E-state index in [0.717, 1.165) is 62.2 Å². The molecule has 3 aromatic carbocycles. The van der Waals surface area contributed by atoms with Crippen LogP contribution in [0.3, 0.4) is 0 Å². The summed E-state index contributed by atoms with van der Waals surface area (Å²) < 4.78 is 5.63. The molecule has 5 aromatic rings. The van der Waals surface area contributed by atoms with Gasteiger partial charge < -0.3 is 9.13 Å². The number of hydrogen-bond acceptors (Lipinski definition) is 1. The lowest BCUT2D eigenvalue weighted by molar-refractivity contribution is 0.0728. The molecule has 0 bridgehead atoms. The molecule has 3 nitrogen and oxygen atoms in total. The van der Waals surface area contributed by atoms with Gasteiger partial charge in [0.1, 0.15) is 0 Å². The second kappa shape index (κ2) is 13.8. The van der Waals surface area contributed by atoms with Crippen molar-refractivity contribution < 1.29 is 0 Å². The monoisotopic (exact) mass is 847 g/mol. The summed E-state index contributed by atoms with van der Waals surface area (Å²) in [6, 6.07) is 28.2. The molecular weight excluding hydrogens is 787 g/mol. The first kappa shape index (κ1) is 37.8. The Hall–Kier alpha value is -5.41.